The molecule has 35 heavy (non-hydrogen) atoms. The Morgan fingerprint density at radius 1 is 0.714 bits per heavy atom. The van der Waals surface area contributed by atoms with Crippen LogP contribution in [0.15, 0.2) is 115 Å². The molecular weight excluding hydrogens is 434 g/mol. The summed E-state index contributed by atoms with van der Waals surface area (Å²) in [5.74, 6) is 0.0398. The summed E-state index contributed by atoms with van der Waals surface area (Å²) >= 11 is 0. The van der Waals surface area contributed by atoms with Gasteiger partial charge in [-0.1, -0.05) is 97.1 Å². The number of ether oxygens (including phenoxy) is 1. The molecule has 3 atom stereocenters. The highest BCUT2D eigenvalue weighted by molar-refractivity contribution is 5.71. The maximum Gasteiger partial charge on any atom is 0.417 e. The number of hydrogen-bond donors (Lipinski definition) is 0. The standard InChI is InChI=1S/C30H31N3O2/c1-31-27(23-15-9-5-10-16-23)28(24-17-11-6-12-18-24)32(2)29(31)26-21-33(30(34)35-3)20-19-25(26)22-13-7-4-8-14-22/h4-21,25,27-29H,1-3H3/t25-,27-,28-/m0/s1. The lowest BCUT2D eigenvalue weighted by Crippen LogP contribution is -2.40. The van der Waals surface area contributed by atoms with Gasteiger partial charge >= 0.3 is 6.09 Å². The molecule has 0 aromatic heterocycles. The Morgan fingerprint density at radius 3 is 1.63 bits per heavy atom. The van der Waals surface area contributed by atoms with Crippen LogP contribution in [-0.2, 0) is 4.74 Å². The van der Waals surface area contributed by atoms with Gasteiger partial charge in [-0.15, -0.1) is 0 Å². The Hall–Kier alpha value is -3.67. The summed E-state index contributed by atoms with van der Waals surface area (Å²) in [7, 11) is 5.79. The van der Waals surface area contributed by atoms with Crippen molar-refractivity contribution in [1.82, 2.24) is 14.7 Å². The molecule has 0 saturated carbocycles. The maximum absolute atomic E-state index is 12.5. The van der Waals surface area contributed by atoms with E-state index in [0.717, 1.165) is 5.57 Å². The summed E-state index contributed by atoms with van der Waals surface area (Å²) in [6.07, 6.45) is 5.43. The van der Waals surface area contributed by atoms with Crippen LogP contribution in [-0.4, -0.2) is 48.2 Å². The van der Waals surface area contributed by atoms with Crippen LogP contribution >= 0.6 is 0 Å². The van der Waals surface area contributed by atoms with E-state index in [2.05, 4.69) is 115 Å². The number of allylic oxidation sites excluding steroid dienone is 1. The summed E-state index contributed by atoms with van der Waals surface area (Å²) in [6.45, 7) is 0. The van der Waals surface area contributed by atoms with Gasteiger partial charge in [0.15, 0.2) is 0 Å². The number of hydrogen-bond acceptors (Lipinski definition) is 4. The number of methoxy groups -OCH3 is 1. The molecule has 1 amide bonds. The highest BCUT2D eigenvalue weighted by Gasteiger charge is 2.47. The van der Waals surface area contributed by atoms with Crippen molar-refractivity contribution in [3.8, 4) is 0 Å². The van der Waals surface area contributed by atoms with Gasteiger partial charge in [-0.3, -0.25) is 14.7 Å². The lowest BCUT2D eigenvalue weighted by Gasteiger charge is -2.36. The van der Waals surface area contributed by atoms with E-state index in [9.17, 15) is 4.79 Å². The molecule has 0 bridgehead atoms. The smallest absolute Gasteiger partial charge is 0.417 e. The van der Waals surface area contributed by atoms with Crippen molar-refractivity contribution in [2.24, 2.45) is 0 Å². The summed E-state index contributed by atoms with van der Waals surface area (Å²) in [5.41, 5.74) is 4.87. The fourth-order valence-corrected chi connectivity index (χ4v) is 5.63. The molecule has 3 aromatic rings. The molecule has 0 N–H and O–H groups in total. The number of benzene rings is 3. The zero-order valence-corrected chi connectivity index (χ0v) is 20.4. The Balaban J connectivity index is 1.63. The molecule has 0 unspecified atom stereocenters. The predicted octanol–water partition coefficient (Wildman–Crippen LogP) is 5.94. The molecule has 5 nitrogen and oxygen atoms in total. The minimum Gasteiger partial charge on any atom is -0.452 e. The lowest BCUT2D eigenvalue weighted by molar-refractivity contribution is 0.148. The molecular formula is C30H31N3O2. The van der Waals surface area contributed by atoms with E-state index in [1.54, 1.807) is 4.90 Å². The zero-order valence-electron chi connectivity index (χ0n) is 20.4. The molecule has 3 aromatic carbocycles. The second-order valence-electron chi connectivity index (χ2n) is 9.15. The average molecular weight is 466 g/mol. The molecule has 2 aliphatic rings. The fourth-order valence-electron chi connectivity index (χ4n) is 5.63. The first-order chi connectivity index (χ1) is 17.1. The van der Waals surface area contributed by atoms with Crippen LogP contribution in [0, 0.1) is 0 Å². The van der Waals surface area contributed by atoms with Crippen LogP contribution in [0.25, 0.3) is 0 Å². The van der Waals surface area contributed by atoms with E-state index in [1.807, 2.05) is 18.5 Å². The van der Waals surface area contributed by atoms with Gasteiger partial charge in [0, 0.05) is 18.3 Å². The monoisotopic (exact) mass is 465 g/mol. The van der Waals surface area contributed by atoms with Crippen molar-refractivity contribution in [2.75, 3.05) is 21.2 Å². The highest BCUT2D eigenvalue weighted by atomic mass is 16.5. The van der Waals surface area contributed by atoms with Gasteiger partial charge in [0.1, 0.15) is 0 Å². The van der Waals surface area contributed by atoms with Crippen LogP contribution in [0.5, 0.6) is 0 Å². The van der Waals surface area contributed by atoms with Crippen molar-refractivity contribution in [2.45, 2.75) is 24.2 Å². The molecule has 178 valence electrons. The normalized spacial score (nSPS) is 23.3. The van der Waals surface area contributed by atoms with Gasteiger partial charge in [-0.25, -0.2) is 4.79 Å². The van der Waals surface area contributed by atoms with Crippen molar-refractivity contribution in [3.63, 3.8) is 0 Å². The number of rotatable bonds is 4. The molecule has 5 heteroatoms. The third-order valence-electron chi connectivity index (χ3n) is 7.16. The Kier molecular flexibility index (Phi) is 6.53. The van der Waals surface area contributed by atoms with Crippen molar-refractivity contribution >= 4 is 6.09 Å². The maximum atomic E-state index is 12.5. The molecule has 1 saturated heterocycles. The van der Waals surface area contributed by atoms with Gasteiger partial charge in [0.25, 0.3) is 0 Å². The largest absolute Gasteiger partial charge is 0.452 e. The van der Waals surface area contributed by atoms with Crippen LogP contribution < -0.4 is 0 Å². The fraction of sp³-hybridized carbons (Fsp3) is 0.233. The molecule has 2 heterocycles. The molecule has 1 fully saturated rings. The molecule has 0 aliphatic carbocycles. The lowest BCUT2D eigenvalue weighted by atomic mass is 9.87. The van der Waals surface area contributed by atoms with Gasteiger partial charge < -0.3 is 4.74 Å². The second kappa shape index (κ2) is 9.90. The average Bonchev–Trinajstić information content (AvgIpc) is 3.18. The Bertz CT molecular complexity index is 1160. The third-order valence-corrected chi connectivity index (χ3v) is 7.16. The van der Waals surface area contributed by atoms with E-state index < -0.39 is 6.09 Å². The third kappa shape index (κ3) is 4.29. The summed E-state index contributed by atoms with van der Waals surface area (Å²) in [5, 5.41) is 0. The van der Waals surface area contributed by atoms with Crippen LogP contribution in [0.4, 0.5) is 4.79 Å². The Labute approximate surface area is 207 Å². The molecule has 0 spiro atoms. The molecule has 2 aliphatic heterocycles. The van der Waals surface area contributed by atoms with Gasteiger partial charge in [-0.2, -0.15) is 0 Å². The van der Waals surface area contributed by atoms with E-state index >= 15 is 0 Å². The first kappa shape index (κ1) is 23.1. The van der Waals surface area contributed by atoms with Crippen molar-refractivity contribution in [3.05, 3.63) is 132 Å². The summed E-state index contributed by atoms with van der Waals surface area (Å²) in [6, 6.07) is 32.1. The number of carbonyl (C=O) groups is 1. The van der Waals surface area contributed by atoms with E-state index in [0.29, 0.717) is 0 Å². The number of carbonyl (C=O) groups excluding carboxylic acids is 1. The first-order valence-corrected chi connectivity index (χ1v) is 11.9. The van der Waals surface area contributed by atoms with Gasteiger partial charge in [0.2, 0.25) is 0 Å². The van der Waals surface area contributed by atoms with E-state index in [4.69, 9.17) is 4.74 Å². The van der Waals surface area contributed by atoms with E-state index in [-0.39, 0.29) is 24.2 Å². The quantitative estimate of drug-likeness (QED) is 0.478. The van der Waals surface area contributed by atoms with Crippen molar-refractivity contribution < 1.29 is 9.53 Å². The minimum absolute atomic E-state index is 0.0345. The Morgan fingerprint density at radius 2 is 1.17 bits per heavy atom. The van der Waals surface area contributed by atoms with Crippen LogP contribution in [0.1, 0.15) is 34.7 Å². The minimum atomic E-state index is -0.396. The SMILES string of the molecule is COC(=O)N1C=C[C@@H](c2ccccc2)C(C2N(C)[C@@H](c3ccccc3)[C@H](c3ccccc3)N2C)=C1. The van der Waals surface area contributed by atoms with Gasteiger partial charge in [-0.05, 0) is 36.4 Å². The predicted molar refractivity (Wildman–Crippen MR) is 138 cm³/mol. The van der Waals surface area contributed by atoms with Crippen LogP contribution in [0.2, 0.25) is 0 Å². The first-order valence-electron chi connectivity index (χ1n) is 11.9. The van der Waals surface area contributed by atoms with E-state index in [1.165, 1.54) is 23.8 Å². The summed E-state index contributed by atoms with van der Waals surface area (Å²) < 4.78 is 5.04. The highest BCUT2D eigenvalue weighted by Crippen LogP contribution is 2.49. The summed E-state index contributed by atoms with van der Waals surface area (Å²) in [4.78, 5) is 18.9. The number of likely N-dealkylation sites (N-methyl/N-ethyl adjacent to an activating group) is 2. The number of amides is 1. The van der Waals surface area contributed by atoms with Crippen LogP contribution in [0.3, 0.4) is 0 Å². The molecule has 0 radical (unpaired) electrons. The van der Waals surface area contributed by atoms with Gasteiger partial charge in [0.05, 0.1) is 25.4 Å². The zero-order chi connectivity index (χ0) is 24.4. The topological polar surface area (TPSA) is 36.0 Å². The molecule has 5 rings (SSSR count). The second-order valence-corrected chi connectivity index (χ2v) is 9.15. The van der Waals surface area contributed by atoms with Crippen molar-refractivity contribution in [1.29, 1.82) is 0 Å². The number of nitrogens with zero attached hydrogens (tertiary/aromatic N) is 3.